The largest absolute Gasteiger partial charge is 0.495 e. The number of aromatic nitrogens is 1. The standard InChI is InChI=1S/C14H11F2NO3/c1-20-10-2-9(6-17-7-10)11-5-12(15)8(3-13(11)16)4-14(18)19/h2-3,5-7H,4H2,1H3,(H,18,19). The fourth-order valence-electron chi connectivity index (χ4n) is 1.79. The van der Waals surface area contributed by atoms with E-state index in [1.54, 1.807) is 0 Å². The van der Waals surface area contributed by atoms with E-state index in [-0.39, 0.29) is 11.1 Å². The number of methoxy groups -OCH3 is 1. The summed E-state index contributed by atoms with van der Waals surface area (Å²) >= 11 is 0. The molecule has 0 unspecified atom stereocenters. The second-order valence-corrected chi connectivity index (χ2v) is 4.11. The van der Waals surface area contributed by atoms with Gasteiger partial charge in [0, 0.05) is 22.9 Å². The molecule has 1 aromatic carbocycles. The van der Waals surface area contributed by atoms with Crippen LogP contribution in [-0.2, 0) is 11.2 Å². The summed E-state index contributed by atoms with van der Waals surface area (Å²) in [7, 11) is 1.44. The van der Waals surface area contributed by atoms with Crippen molar-refractivity contribution >= 4 is 5.97 Å². The number of carboxylic acids is 1. The monoisotopic (exact) mass is 279 g/mol. The molecule has 1 N–H and O–H groups in total. The van der Waals surface area contributed by atoms with Crippen LogP contribution in [0, 0.1) is 11.6 Å². The second-order valence-electron chi connectivity index (χ2n) is 4.11. The van der Waals surface area contributed by atoms with Crippen LogP contribution in [0.2, 0.25) is 0 Å². The number of carboxylic acid groups (broad SMARTS) is 1. The maximum absolute atomic E-state index is 14.0. The first-order valence-corrected chi connectivity index (χ1v) is 5.70. The Morgan fingerprint density at radius 3 is 2.65 bits per heavy atom. The molecule has 4 nitrogen and oxygen atoms in total. The Hall–Kier alpha value is -2.50. The number of benzene rings is 1. The third-order valence-corrected chi connectivity index (χ3v) is 2.74. The summed E-state index contributed by atoms with van der Waals surface area (Å²) in [6, 6.07) is 3.37. The number of halogens is 2. The summed E-state index contributed by atoms with van der Waals surface area (Å²) in [6.07, 6.45) is 2.24. The molecule has 0 atom stereocenters. The molecular weight excluding hydrogens is 268 g/mol. The number of aliphatic carboxylic acids is 1. The highest BCUT2D eigenvalue weighted by Gasteiger charge is 2.14. The third-order valence-electron chi connectivity index (χ3n) is 2.74. The lowest BCUT2D eigenvalue weighted by atomic mass is 10.0. The second kappa shape index (κ2) is 5.64. The molecule has 0 aliphatic carbocycles. The molecule has 0 spiro atoms. The van der Waals surface area contributed by atoms with Crippen LogP contribution in [-0.4, -0.2) is 23.2 Å². The topological polar surface area (TPSA) is 59.4 Å². The average Bonchev–Trinajstić information content (AvgIpc) is 2.42. The number of hydrogen-bond donors (Lipinski definition) is 1. The van der Waals surface area contributed by atoms with Crippen molar-refractivity contribution in [1.82, 2.24) is 4.98 Å². The van der Waals surface area contributed by atoms with E-state index < -0.39 is 24.0 Å². The molecular formula is C14H11F2NO3. The number of ether oxygens (including phenoxy) is 1. The first-order chi connectivity index (χ1) is 9.51. The smallest absolute Gasteiger partial charge is 0.307 e. The highest BCUT2D eigenvalue weighted by molar-refractivity contribution is 5.71. The van der Waals surface area contributed by atoms with E-state index in [4.69, 9.17) is 9.84 Å². The number of nitrogens with zero attached hydrogens (tertiary/aromatic N) is 1. The van der Waals surface area contributed by atoms with Gasteiger partial charge in [0.1, 0.15) is 17.4 Å². The Kier molecular flexibility index (Phi) is 3.93. The average molecular weight is 279 g/mol. The summed E-state index contributed by atoms with van der Waals surface area (Å²) < 4.78 is 32.7. The quantitative estimate of drug-likeness (QED) is 0.934. The van der Waals surface area contributed by atoms with E-state index in [2.05, 4.69) is 4.98 Å². The van der Waals surface area contributed by atoms with Gasteiger partial charge in [-0.05, 0) is 18.2 Å². The highest BCUT2D eigenvalue weighted by Crippen LogP contribution is 2.27. The van der Waals surface area contributed by atoms with Crippen LogP contribution in [0.25, 0.3) is 11.1 Å². The van der Waals surface area contributed by atoms with Gasteiger partial charge in [0.05, 0.1) is 19.7 Å². The van der Waals surface area contributed by atoms with Crippen LogP contribution in [0.4, 0.5) is 8.78 Å². The summed E-state index contributed by atoms with van der Waals surface area (Å²) in [5, 5.41) is 8.62. The minimum atomic E-state index is -1.22. The first-order valence-electron chi connectivity index (χ1n) is 5.70. The Labute approximate surface area is 113 Å². The predicted octanol–water partition coefficient (Wildman–Crippen LogP) is 2.66. The molecule has 0 bridgehead atoms. The summed E-state index contributed by atoms with van der Waals surface area (Å²) in [5.41, 5.74) is 0.153. The fraction of sp³-hybridized carbons (Fsp3) is 0.143. The fourth-order valence-corrected chi connectivity index (χ4v) is 1.79. The summed E-state index contributed by atoms with van der Waals surface area (Å²) in [4.78, 5) is 14.4. The molecule has 0 aliphatic heterocycles. The van der Waals surface area contributed by atoms with Crippen LogP contribution >= 0.6 is 0 Å². The molecule has 1 aromatic heterocycles. The van der Waals surface area contributed by atoms with Crippen LogP contribution in [0.15, 0.2) is 30.6 Å². The van der Waals surface area contributed by atoms with Crippen LogP contribution in [0.1, 0.15) is 5.56 Å². The van der Waals surface area contributed by atoms with Gasteiger partial charge in [-0.25, -0.2) is 8.78 Å². The van der Waals surface area contributed by atoms with Crippen molar-refractivity contribution in [2.75, 3.05) is 7.11 Å². The van der Waals surface area contributed by atoms with E-state index in [0.29, 0.717) is 11.3 Å². The maximum atomic E-state index is 14.0. The van der Waals surface area contributed by atoms with E-state index in [1.807, 2.05) is 0 Å². The molecule has 0 amide bonds. The van der Waals surface area contributed by atoms with Gasteiger partial charge in [0.25, 0.3) is 0 Å². The van der Waals surface area contributed by atoms with Crippen molar-refractivity contribution in [3.05, 3.63) is 47.8 Å². The maximum Gasteiger partial charge on any atom is 0.307 e. The predicted molar refractivity (Wildman–Crippen MR) is 67.5 cm³/mol. The zero-order valence-corrected chi connectivity index (χ0v) is 10.6. The Balaban J connectivity index is 2.47. The minimum Gasteiger partial charge on any atom is -0.495 e. The zero-order valence-electron chi connectivity index (χ0n) is 10.6. The number of carbonyl (C=O) groups is 1. The van der Waals surface area contributed by atoms with Crippen molar-refractivity contribution in [3.63, 3.8) is 0 Å². The van der Waals surface area contributed by atoms with E-state index in [0.717, 1.165) is 12.1 Å². The van der Waals surface area contributed by atoms with Crippen molar-refractivity contribution in [2.24, 2.45) is 0 Å². The minimum absolute atomic E-state index is 0.00281. The summed E-state index contributed by atoms with van der Waals surface area (Å²) in [5.74, 6) is -2.29. The number of pyridine rings is 1. The lowest BCUT2D eigenvalue weighted by Gasteiger charge is -2.08. The molecule has 1 heterocycles. The van der Waals surface area contributed by atoms with E-state index in [1.165, 1.54) is 25.6 Å². The lowest BCUT2D eigenvalue weighted by molar-refractivity contribution is -0.136. The molecule has 0 fully saturated rings. The van der Waals surface area contributed by atoms with Gasteiger partial charge in [0.15, 0.2) is 0 Å². The van der Waals surface area contributed by atoms with Gasteiger partial charge in [-0.1, -0.05) is 0 Å². The number of rotatable bonds is 4. The molecule has 104 valence electrons. The van der Waals surface area contributed by atoms with Gasteiger partial charge < -0.3 is 9.84 Å². The Morgan fingerprint density at radius 1 is 1.25 bits per heavy atom. The molecule has 0 aliphatic rings. The van der Waals surface area contributed by atoms with Crippen LogP contribution in [0.3, 0.4) is 0 Å². The van der Waals surface area contributed by atoms with E-state index >= 15 is 0 Å². The molecule has 2 rings (SSSR count). The van der Waals surface area contributed by atoms with Gasteiger partial charge in [0.2, 0.25) is 0 Å². The molecule has 0 saturated heterocycles. The SMILES string of the molecule is COc1cncc(-c2cc(F)c(CC(=O)O)cc2F)c1. The molecule has 2 aromatic rings. The van der Waals surface area contributed by atoms with Gasteiger partial charge in [-0.2, -0.15) is 0 Å². The Bertz CT molecular complexity index is 659. The molecule has 20 heavy (non-hydrogen) atoms. The van der Waals surface area contributed by atoms with Crippen molar-refractivity contribution < 1.29 is 23.4 Å². The summed E-state index contributed by atoms with van der Waals surface area (Å²) in [6.45, 7) is 0. The van der Waals surface area contributed by atoms with Gasteiger partial charge in [-0.15, -0.1) is 0 Å². The van der Waals surface area contributed by atoms with Crippen molar-refractivity contribution in [2.45, 2.75) is 6.42 Å². The van der Waals surface area contributed by atoms with Crippen molar-refractivity contribution in [1.29, 1.82) is 0 Å². The van der Waals surface area contributed by atoms with Crippen LogP contribution in [0.5, 0.6) is 5.75 Å². The lowest BCUT2D eigenvalue weighted by Crippen LogP contribution is -2.04. The zero-order chi connectivity index (χ0) is 14.7. The van der Waals surface area contributed by atoms with Gasteiger partial charge >= 0.3 is 5.97 Å². The Morgan fingerprint density at radius 2 is 2.00 bits per heavy atom. The number of hydrogen-bond acceptors (Lipinski definition) is 3. The molecule has 0 radical (unpaired) electrons. The van der Waals surface area contributed by atoms with E-state index in [9.17, 15) is 13.6 Å². The molecule has 6 heteroatoms. The first kappa shape index (κ1) is 13.9. The highest BCUT2D eigenvalue weighted by atomic mass is 19.1. The molecule has 0 saturated carbocycles. The third kappa shape index (κ3) is 2.90. The normalized spacial score (nSPS) is 10.3. The van der Waals surface area contributed by atoms with Crippen LogP contribution < -0.4 is 4.74 Å². The van der Waals surface area contributed by atoms with Crippen molar-refractivity contribution in [3.8, 4) is 16.9 Å². The van der Waals surface area contributed by atoms with Gasteiger partial charge in [-0.3, -0.25) is 9.78 Å².